The highest BCUT2D eigenvalue weighted by molar-refractivity contribution is 14.1. The monoisotopic (exact) mass is 652 g/mol. The van der Waals surface area contributed by atoms with Crippen LogP contribution in [0.25, 0.3) is 0 Å². The van der Waals surface area contributed by atoms with Crippen LogP contribution in [0.5, 0.6) is 0 Å². The van der Waals surface area contributed by atoms with Gasteiger partial charge < -0.3 is 40.5 Å². The molecule has 0 spiro atoms. The van der Waals surface area contributed by atoms with Crippen LogP contribution < -0.4 is 10.6 Å². The Labute approximate surface area is 235 Å². The van der Waals surface area contributed by atoms with Gasteiger partial charge in [-0.2, -0.15) is 0 Å². The highest BCUT2D eigenvalue weighted by Gasteiger charge is 2.48. The van der Waals surface area contributed by atoms with Crippen molar-refractivity contribution in [3.05, 3.63) is 33.4 Å². The predicted octanol–water partition coefficient (Wildman–Crippen LogP) is 0.633. The van der Waals surface area contributed by atoms with Gasteiger partial charge in [-0.15, -0.1) is 11.8 Å². The van der Waals surface area contributed by atoms with Crippen molar-refractivity contribution in [3.63, 3.8) is 0 Å². The molecule has 0 saturated carbocycles. The first-order valence-electron chi connectivity index (χ1n) is 12.6. The van der Waals surface area contributed by atoms with Crippen LogP contribution in [-0.4, -0.2) is 99.2 Å². The summed E-state index contributed by atoms with van der Waals surface area (Å²) in [4.78, 5) is 25.2. The number of ether oxygens (including phenoxy) is 2. The molecule has 2 saturated heterocycles. The Balaban J connectivity index is 1.57. The van der Waals surface area contributed by atoms with Crippen molar-refractivity contribution in [1.82, 2.24) is 10.6 Å². The number of rotatable bonds is 11. The molecule has 6 N–H and O–H groups in total. The van der Waals surface area contributed by atoms with E-state index >= 15 is 0 Å². The van der Waals surface area contributed by atoms with Gasteiger partial charge in [-0.3, -0.25) is 4.79 Å². The molecular weight excluding hydrogens is 615 g/mol. The number of aliphatic hydroxyl groups is 4. The molecule has 2 fully saturated rings. The fourth-order valence-electron chi connectivity index (χ4n) is 4.69. The molecule has 0 radical (unpaired) electrons. The minimum atomic E-state index is -1.55. The smallest absolute Gasteiger partial charge is 0.339 e. The van der Waals surface area contributed by atoms with E-state index in [1.807, 2.05) is 6.07 Å². The molecule has 9 atom stereocenters. The maximum atomic E-state index is 12.9. The van der Waals surface area contributed by atoms with Crippen LogP contribution in [0.4, 0.5) is 0 Å². The summed E-state index contributed by atoms with van der Waals surface area (Å²) in [6, 6.07) is 5.61. The van der Waals surface area contributed by atoms with Gasteiger partial charge in [0.2, 0.25) is 5.91 Å². The van der Waals surface area contributed by atoms with Gasteiger partial charge in [0.15, 0.2) is 0 Å². The Bertz CT molecular complexity index is 909. The molecule has 1 aromatic carbocycles. The zero-order chi connectivity index (χ0) is 27.1. The average molecular weight is 653 g/mol. The van der Waals surface area contributed by atoms with Crippen molar-refractivity contribution < 1.29 is 39.5 Å². The number of amides is 1. The van der Waals surface area contributed by atoms with Crippen LogP contribution in [0.2, 0.25) is 0 Å². The average Bonchev–Trinajstić information content (AvgIpc) is 3.34. The SMILES string of the molecule is CCC[C@H]1CN[C@H](C(=O)N[C@@H]([C@H]2O[C@H](SCCOC(=O)c3ccccc3I)[C@H](O)[C@@H](O)[C@H]2O)[C@@H](C)O)C1. The third kappa shape index (κ3) is 8.01. The number of thioether (sulfide) groups is 1. The topological polar surface area (TPSA) is 158 Å². The van der Waals surface area contributed by atoms with Crippen LogP contribution in [-0.2, 0) is 14.3 Å². The second-order valence-corrected chi connectivity index (χ2v) is 11.9. The van der Waals surface area contributed by atoms with Crippen LogP contribution in [0.1, 0.15) is 43.5 Å². The zero-order valence-corrected chi connectivity index (χ0v) is 23.9. The summed E-state index contributed by atoms with van der Waals surface area (Å²) in [5.74, 6) is -0.127. The third-order valence-electron chi connectivity index (χ3n) is 6.72. The van der Waals surface area contributed by atoms with E-state index in [-0.39, 0.29) is 18.3 Å². The Hall–Kier alpha value is -1.00. The quantitative estimate of drug-likeness (QED) is 0.114. The molecule has 2 heterocycles. The molecule has 37 heavy (non-hydrogen) atoms. The number of benzene rings is 1. The molecule has 0 bridgehead atoms. The molecule has 10 nitrogen and oxygen atoms in total. The third-order valence-corrected chi connectivity index (χ3v) is 8.78. The number of nitrogens with one attached hydrogen (secondary N) is 2. The summed E-state index contributed by atoms with van der Waals surface area (Å²) in [7, 11) is 0. The largest absolute Gasteiger partial charge is 0.461 e. The van der Waals surface area contributed by atoms with E-state index in [4.69, 9.17) is 9.47 Å². The minimum Gasteiger partial charge on any atom is -0.461 e. The molecule has 2 aliphatic heterocycles. The van der Waals surface area contributed by atoms with E-state index in [1.165, 1.54) is 6.92 Å². The number of aliphatic hydroxyl groups excluding tert-OH is 4. The summed E-state index contributed by atoms with van der Waals surface area (Å²) < 4.78 is 12.0. The van der Waals surface area contributed by atoms with E-state index in [9.17, 15) is 30.0 Å². The molecule has 0 aromatic heterocycles. The van der Waals surface area contributed by atoms with Crippen LogP contribution >= 0.6 is 34.4 Å². The molecule has 1 aromatic rings. The van der Waals surface area contributed by atoms with Crippen LogP contribution in [0.15, 0.2) is 24.3 Å². The highest BCUT2D eigenvalue weighted by atomic mass is 127. The van der Waals surface area contributed by atoms with Crippen LogP contribution in [0.3, 0.4) is 0 Å². The second-order valence-electron chi connectivity index (χ2n) is 9.55. The number of hydrogen-bond donors (Lipinski definition) is 6. The fraction of sp³-hybridized carbons (Fsp3) is 0.680. The first-order valence-corrected chi connectivity index (χ1v) is 14.7. The highest BCUT2D eigenvalue weighted by Crippen LogP contribution is 2.31. The summed E-state index contributed by atoms with van der Waals surface area (Å²) in [6.07, 6.45) is -4.04. The normalized spacial score (nSPS) is 31.5. The maximum absolute atomic E-state index is 12.9. The van der Waals surface area contributed by atoms with Crippen molar-refractivity contribution in [2.75, 3.05) is 18.9 Å². The second kappa shape index (κ2) is 14.4. The molecule has 3 rings (SSSR count). The van der Waals surface area contributed by atoms with Gasteiger partial charge in [-0.05, 0) is 67.0 Å². The predicted molar refractivity (Wildman–Crippen MR) is 147 cm³/mol. The molecule has 208 valence electrons. The standard InChI is InChI=1S/C25H37IN2O8S/c1-3-6-14-11-17(27-12-14)23(33)28-18(13(2)29)22-20(31)19(30)21(32)25(36-22)37-10-9-35-24(34)15-7-4-5-8-16(15)26/h4-5,7-8,13-14,17-22,25,27,29-32H,3,6,9-12H2,1-2H3,(H,28,33)/t13-,14-,17+,18-,19+,20-,21-,22-,25-/m1/s1. The first-order chi connectivity index (χ1) is 17.6. The Morgan fingerprint density at radius 1 is 1.24 bits per heavy atom. The molecule has 1 amide bonds. The maximum Gasteiger partial charge on any atom is 0.339 e. The van der Waals surface area contributed by atoms with Crippen molar-refractivity contribution >= 4 is 46.2 Å². The van der Waals surface area contributed by atoms with E-state index in [0.717, 1.165) is 34.7 Å². The molecule has 0 aliphatic carbocycles. The number of esters is 1. The Kier molecular flexibility index (Phi) is 11.9. The van der Waals surface area contributed by atoms with Crippen LogP contribution in [0, 0.1) is 9.49 Å². The van der Waals surface area contributed by atoms with Crippen molar-refractivity contribution in [1.29, 1.82) is 0 Å². The molecule has 0 unspecified atom stereocenters. The summed E-state index contributed by atoms with van der Waals surface area (Å²) in [5, 5.41) is 48.0. The van der Waals surface area contributed by atoms with Crippen molar-refractivity contribution in [3.8, 4) is 0 Å². The van der Waals surface area contributed by atoms with Gasteiger partial charge in [0, 0.05) is 9.32 Å². The van der Waals surface area contributed by atoms with E-state index < -0.39 is 54.0 Å². The summed E-state index contributed by atoms with van der Waals surface area (Å²) >= 11 is 3.16. The van der Waals surface area contributed by atoms with Crippen molar-refractivity contribution in [2.24, 2.45) is 5.92 Å². The fourth-order valence-corrected chi connectivity index (χ4v) is 6.27. The zero-order valence-electron chi connectivity index (χ0n) is 21.0. The van der Waals surface area contributed by atoms with Gasteiger partial charge in [0.05, 0.1) is 23.8 Å². The summed E-state index contributed by atoms with van der Waals surface area (Å²) in [6.45, 7) is 4.34. The number of carbonyl (C=O) groups is 2. The Morgan fingerprint density at radius 3 is 2.65 bits per heavy atom. The van der Waals surface area contributed by atoms with Gasteiger partial charge in [-0.25, -0.2) is 4.79 Å². The lowest BCUT2D eigenvalue weighted by molar-refractivity contribution is -0.211. The van der Waals surface area contributed by atoms with Gasteiger partial charge >= 0.3 is 5.97 Å². The van der Waals surface area contributed by atoms with Gasteiger partial charge in [0.1, 0.15) is 36.5 Å². The lowest BCUT2D eigenvalue weighted by Gasteiger charge is -2.44. The molecular formula is C25H37IN2O8S. The lowest BCUT2D eigenvalue weighted by Crippen LogP contribution is -2.65. The van der Waals surface area contributed by atoms with Gasteiger partial charge in [0.25, 0.3) is 0 Å². The lowest BCUT2D eigenvalue weighted by atomic mass is 9.92. The van der Waals surface area contributed by atoms with E-state index in [0.29, 0.717) is 17.9 Å². The Morgan fingerprint density at radius 2 is 1.97 bits per heavy atom. The van der Waals surface area contributed by atoms with Gasteiger partial charge in [-0.1, -0.05) is 25.5 Å². The number of carbonyl (C=O) groups excluding carboxylic acids is 2. The van der Waals surface area contributed by atoms with E-state index in [2.05, 4.69) is 40.1 Å². The number of hydrogen-bond acceptors (Lipinski definition) is 10. The van der Waals surface area contributed by atoms with Crippen molar-refractivity contribution in [2.45, 2.75) is 81.1 Å². The first kappa shape index (κ1) is 30.5. The van der Waals surface area contributed by atoms with E-state index in [1.54, 1.807) is 18.2 Å². The summed E-state index contributed by atoms with van der Waals surface area (Å²) in [5.41, 5.74) is -0.524. The molecule has 2 aliphatic rings. The number of halogens is 1. The minimum absolute atomic E-state index is 0.0349. The molecule has 12 heteroatoms.